The van der Waals surface area contributed by atoms with Gasteiger partial charge in [-0.1, -0.05) is 36.4 Å². The highest BCUT2D eigenvalue weighted by molar-refractivity contribution is 5.93. The summed E-state index contributed by atoms with van der Waals surface area (Å²) >= 11 is 0. The van der Waals surface area contributed by atoms with E-state index < -0.39 is 0 Å². The van der Waals surface area contributed by atoms with Crippen molar-refractivity contribution in [2.45, 2.75) is 13.3 Å². The van der Waals surface area contributed by atoms with Crippen molar-refractivity contribution in [3.63, 3.8) is 0 Å². The average molecular weight is 371 g/mol. The van der Waals surface area contributed by atoms with Crippen molar-refractivity contribution in [3.05, 3.63) is 83.8 Å². The summed E-state index contributed by atoms with van der Waals surface area (Å²) in [5, 5.41) is 7.27. The SMILES string of the molecule is Cc1ccccc1Nc1ncc(C(=O)NCCc2c[nH]c3ccccc23)cn1. The number of aryl methyl sites for hydroxylation is 1. The van der Waals surface area contributed by atoms with Crippen molar-refractivity contribution in [2.24, 2.45) is 0 Å². The molecule has 0 radical (unpaired) electrons. The summed E-state index contributed by atoms with van der Waals surface area (Å²) in [7, 11) is 0. The highest BCUT2D eigenvalue weighted by Gasteiger charge is 2.09. The maximum absolute atomic E-state index is 12.3. The fourth-order valence-electron chi connectivity index (χ4n) is 3.09. The van der Waals surface area contributed by atoms with E-state index in [0.29, 0.717) is 18.1 Å². The van der Waals surface area contributed by atoms with Crippen LogP contribution in [-0.2, 0) is 6.42 Å². The number of para-hydroxylation sites is 2. The zero-order chi connectivity index (χ0) is 19.3. The lowest BCUT2D eigenvalue weighted by atomic mass is 10.1. The maximum atomic E-state index is 12.3. The Balaban J connectivity index is 1.34. The summed E-state index contributed by atoms with van der Waals surface area (Å²) in [6.07, 6.45) is 5.82. The van der Waals surface area contributed by atoms with Crippen LogP contribution in [0.1, 0.15) is 21.5 Å². The van der Waals surface area contributed by atoms with Crippen LogP contribution in [0.25, 0.3) is 10.9 Å². The van der Waals surface area contributed by atoms with Crippen LogP contribution in [-0.4, -0.2) is 27.4 Å². The largest absolute Gasteiger partial charge is 0.361 e. The van der Waals surface area contributed by atoms with E-state index in [9.17, 15) is 4.79 Å². The molecule has 0 aliphatic heterocycles. The molecule has 0 fully saturated rings. The Hall–Kier alpha value is -3.67. The number of aromatic amines is 1. The van der Waals surface area contributed by atoms with Crippen molar-refractivity contribution in [1.29, 1.82) is 0 Å². The third kappa shape index (κ3) is 3.86. The third-order valence-electron chi connectivity index (χ3n) is 4.66. The number of amides is 1. The normalized spacial score (nSPS) is 10.8. The molecule has 0 saturated heterocycles. The highest BCUT2D eigenvalue weighted by Crippen LogP contribution is 2.18. The first kappa shape index (κ1) is 17.7. The zero-order valence-electron chi connectivity index (χ0n) is 15.6. The number of H-pyrrole nitrogens is 1. The van der Waals surface area contributed by atoms with Crippen LogP contribution in [0.4, 0.5) is 11.6 Å². The smallest absolute Gasteiger partial charge is 0.254 e. The number of benzene rings is 2. The van der Waals surface area contributed by atoms with Crippen LogP contribution >= 0.6 is 0 Å². The highest BCUT2D eigenvalue weighted by atomic mass is 16.1. The molecule has 2 aromatic carbocycles. The van der Waals surface area contributed by atoms with E-state index >= 15 is 0 Å². The molecule has 6 nitrogen and oxygen atoms in total. The Kier molecular flexibility index (Phi) is 5.01. The number of nitrogens with one attached hydrogen (secondary N) is 3. The van der Waals surface area contributed by atoms with E-state index in [0.717, 1.165) is 23.2 Å². The number of carbonyl (C=O) groups is 1. The second kappa shape index (κ2) is 7.92. The Bertz CT molecular complexity index is 1100. The number of nitrogens with zero attached hydrogens (tertiary/aromatic N) is 2. The molecule has 1 amide bonds. The van der Waals surface area contributed by atoms with Gasteiger partial charge in [0.2, 0.25) is 5.95 Å². The zero-order valence-corrected chi connectivity index (χ0v) is 15.6. The van der Waals surface area contributed by atoms with Crippen molar-refractivity contribution in [3.8, 4) is 0 Å². The number of rotatable bonds is 6. The number of hydrogen-bond donors (Lipinski definition) is 3. The summed E-state index contributed by atoms with van der Waals surface area (Å²) in [4.78, 5) is 24.1. The van der Waals surface area contributed by atoms with Gasteiger partial charge in [0.05, 0.1) is 5.56 Å². The van der Waals surface area contributed by atoms with E-state index in [1.165, 1.54) is 23.3 Å². The molecule has 0 spiro atoms. The number of carbonyl (C=O) groups excluding carboxylic acids is 1. The third-order valence-corrected chi connectivity index (χ3v) is 4.66. The minimum Gasteiger partial charge on any atom is -0.361 e. The van der Waals surface area contributed by atoms with Crippen molar-refractivity contribution >= 4 is 28.4 Å². The Labute approximate surface area is 163 Å². The molecule has 0 aliphatic carbocycles. The van der Waals surface area contributed by atoms with Gasteiger partial charge in [-0.2, -0.15) is 0 Å². The Morgan fingerprint density at radius 2 is 1.79 bits per heavy atom. The van der Waals surface area contributed by atoms with Gasteiger partial charge in [-0.15, -0.1) is 0 Å². The molecular weight excluding hydrogens is 350 g/mol. The lowest BCUT2D eigenvalue weighted by Crippen LogP contribution is -2.26. The molecule has 28 heavy (non-hydrogen) atoms. The van der Waals surface area contributed by atoms with E-state index in [1.807, 2.05) is 55.6 Å². The van der Waals surface area contributed by atoms with Gasteiger partial charge < -0.3 is 15.6 Å². The second-order valence-electron chi connectivity index (χ2n) is 6.60. The van der Waals surface area contributed by atoms with Gasteiger partial charge >= 0.3 is 0 Å². The van der Waals surface area contributed by atoms with Crippen molar-refractivity contribution < 1.29 is 4.79 Å². The van der Waals surface area contributed by atoms with Crippen molar-refractivity contribution in [2.75, 3.05) is 11.9 Å². The quantitative estimate of drug-likeness (QED) is 0.479. The molecule has 6 heteroatoms. The molecule has 4 rings (SSSR count). The lowest BCUT2D eigenvalue weighted by Gasteiger charge is -2.08. The van der Waals surface area contributed by atoms with Crippen LogP contribution in [0, 0.1) is 6.92 Å². The van der Waals surface area contributed by atoms with Crippen LogP contribution in [0.5, 0.6) is 0 Å². The summed E-state index contributed by atoms with van der Waals surface area (Å²) in [6.45, 7) is 2.56. The van der Waals surface area contributed by atoms with Gasteiger partial charge in [0.25, 0.3) is 5.91 Å². The first-order chi connectivity index (χ1) is 13.7. The second-order valence-corrected chi connectivity index (χ2v) is 6.60. The number of hydrogen-bond acceptors (Lipinski definition) is 4. The van der Waals surface area contributed by atoms with Gasteiger partial charge in [0.1, 0.15) is 0 Å². The van der Waals surface area contributed by atoms with Crippen LogP contribution < -0.4 is 10.6 Å². The fraction of sp³-hybridized carbons (Fsp3) is 0.136. The topological polar surface area (TPSA) is 82.7 Å². The lowest BCUT2D eigenvalue weighted by molar-refractivity contribution is 0.0953. The van der Waals surface area contributed by atoms with Gasteiger partial charge in [0, 0.05) is 41.7 Å². The minimum absolute atomic E-state index is 0.178. The maximum Gasteiger partial charge on any atom is 0.254 e. The standard InChI is InChI=1S/C22H21N5O/c1-15-6-2-4-8-19(15)27-22-25-13-17(14-26-22)21(28)23-11-10-16-12-24-20-9-5-3-7-18(16)20/h2-9,12-14,24H,10-11H2,1H3,(H,23,28)(H,25,26,27). The van der Waals surface area contributed by atoms with E-state index in [-0.39, 0.29) is 5.91 Å². The molecule has 0 bridgehead atoms. The van der Waals surface area contributed by atoms with Gasteiger partial charge in [-0.3, -0.25) is 4.79 Å². The Morgan fingerprint density at radius 1 is 1.04 bits per heavy atom. The minimum atomic E-state index is -0.178. The monoisotopic (exact) mass is 371 g/mol. The molecular formula is C22H21N5O. The molecule has 0 unspecified atom stereocenters. The molecule has 0 aliphatic rings. The molecule has 0 saturated carbocycles. The first-order valence-corrected chi connectivity index (χ1v) is 9.18. The first-order valence-electron chi connectivity index (χ1n) is 9.18. The van der Waals surface area contributed by atoms with Gasteiger partial charge in [-0.05, 0) is 36.6 Å². The summed E-state index contributed by atoms with van der Waals surface area (Å²) in [6, 6.07) is 16.0. The summed E-state index contributed by atoms with van der Waals surface area (Å²) in [5.41, 5.74) is 4.77. The molecule has 0 atom stereocenters. The Morgan fingerprint density at radius 3 is 2.61 bits per heavy atom. The summed E-state index contributed by atoms with van der Waals surface area (Å²) < 4.78 is 0. The van der Waals surface area contributed by atoms with Gasteiger partial charge in [-0.25, -0.2) is 9.97 Å². The van der Waals surface area contributed by atoms with E-state index in [2.05, 4.69) is 31.7 Å². The van der Waals surface area contributed by atoms with Crippen LogP contribution in [0.3, 0.4) is 0 Å². The molecule has 2 aromatic heterocycles. The molecule has 140 valence electrons. The average Bonchev–Trinajstić information content (AvgIpc) is 3.13. The molecule has 4 aromatic rings. The van der Waals surface area contributed by atoms with Crippen LogP contribution in [0.2, 0.25) is 0 Å². The molecule has 2 heterocycles. The van der Waals surface area contributed by atoms with E-state index in [1.54, 1.807) is 0 Å². The summed E-state index contributed by atoms with van der Waals surface area (Å²) in [5.74, 6) is 0.284. The van der Waals surface area contributed by atoms with E-state index in [4.69, 9.17) is 0 Å². The van der Waals surface area contributed by atoms with Crippen molar-refractivity contribution in [1.82, 2.24) is 20.3 Å². The number of fused-ring (bicyclic) bond motifs is 1. The predicted molar refractivity (Wildman–Crippen MR) is 111 cm³/mol. The number of aromatic nitrogens is 3. The number of anilines is 2. The van der Waals surface area contributed by atoms with Gasteiger partial charge in [0.15, 0.2) is 0 Å². The van der Waals surface area contributed by atoms with Crippen LogP contribution in [0.15, 0.2) is 67.1 Å². The molecule has 3 N–H and O–H groups in total. The predicted octanol–water partition coefficient (Wildman–Crippen LogP) is 3.98. The fourth-order valence-corrected chi connectivity index (χ4v) is 3.09.